The Kier molecular flexibility index (Phi) is 6.52. The second kappa shape index (κ2) is 9.72. The van der Waals surface area contributed by atoms with Crippen LogP contribution >= 0.6 is 0 Å². The molecule has 7 nitrogen and oxygen atoms in total. The summed E-state index contributed by atoms with van der Waals surface area (Å²) in [6.07, 6.45) is 6.10. The zero-order valence-electron chi connectivity index (χ0n) is 19.4. The van der Waals surface area contributed by atoms with E-state index in [1.807, 2.05) is 36.5 Å². The highest BCUT2D eigenvalue weighted by Crippen LogP contribution is 2.44. The van der Waals surface area contributed by atoms with Gasteiger partial charge in [0.25, 0.3) is 0 Å². The molecule has 4 heterocycles. The first-order valence-corrected chi connectivity index (χ1v) is 11.7. The predicted octanol–water partition coefficient (Wildman–Crippen LogP) is 4.98. The topological polar surface area (TPSA) is 78.3 Å². The van der Waals surface area contributed by atoms with Crippen molar-refractivity contribution in [3.05, 3.63) is 78.5 Å². The van der Waals surface area contributed by atoms with Crippen LogP contribution in [-0.2, 0) is 11.3 Å². The lowest BCUT2D eigenvalue weighted by Crippen LogP contribution is -2.55. The molecule has 3 aliphatic rings. The van der Waals surface area contributed by atoms with Crippen molar-refractivity contribution in [1.82, 2.24) is 9.88 Å². The second-order valence-corrected chi connectivity index (χ2v) is 9.22. The molecule has 5 atom stereocenters. The lowest BCUT2D eigenvalue weighted by molar-refractivity contribution is -0.0803. The summed E-state index contributed by atoms with van der Waals surface area (Å²) in [6.45, 7) is 6.57. The van der Waals surface area contributed by atoms with Crippen LogP contribution in [0.4, 0.5) is 5.69 Å². The Balaban J connectivity index is 1.49. The lowest BCUT2D eigenvalue weighted by Gasteiger charge is -2.51. The van der Waals surface area contributed by atoms with Crippen LogP contribution in [0.5, 0.6) is 5.75 Å². The van der Waals surface area contributed by atoms with Gasteiger partial charge in [0, 0.05) is 24.2 Å². The van der Waals surface area contributed by atoms with Gasteiger partial charge in [-0.25, -0.2) is 0 Å². The molecule has 34 heavy (non-hydrogen) atoms. The number of nitrogens with zero attached hydrogens (tertiary/aromatic N) is 3. The number of piperidine rings is 3. The quantitative estimate of drug-likeness (QED) is 0.362. The maximum Gasteiger partial charge on any atom is 0.119 e. The molecule has 7 heteroatoms. The van der Waals surface area contributed by atoms with Gasteiger partial charge in [0.1, 0.15) is 5.75 Å². The largest absolute Gasteiger partial charge is 0.497 e. The number of rotatable bonds is 8. The van der Waals surface area contributed by atoms with Crippen molar-refractivity contribution in [3.8, 4) is 5.75 Å². The summed E-state index contributed by atoms with van der Waals surface area (Å²) in [5, 5.41) is 19.6. The Morgan fingerprint density at radius 3 is 2.71 bits per heavy atom. The Labute approximate surface area is 199 Å². The minimum Gasteiger partial charge on any atom is -0.497 e. The molecule has 6 rings (SSSR count). The lowest BCUT2D eigenvalue weighted by atomic mass is 9.73. The molecule has 0 aliphatic carbocycles. The molecule has 3 fully saturated rings. The average Bonchev–Trinajstić information content (AvgIpc) is 2.89. The van der Waals surface area contributed by atoms with E-state index in [9.17, 15) is 10.4 Å². The van der Waals surface area contributed by atoms with Crippen LogP contribution < -0.4 is 9.96 Å². The van der Waals surface area contributed by atoms with E-state index in [0.717, 1.165) is 47.3 Å². The van der Waals surface area contributed by atoms with Gasteiger partial charge in [0.05, 0.1) is 31.0 Å². The average molecular weight is 462 g/mol. The molecule has 2 N–H and O–H groups in total. The molecular formula is C27H31N3O4. The Morgan fingerprint density at radius 1 is 1.21 bits per heavy atom. The van der Waals surface area contributed by atoms with Gasteiger partial charge >= 0.3 is 0 Å². The van der Waals surface area contributed by atoms with Crippen molar-refractivity contribution >= 4 is 16.6 Å². The van der Waals surface area contributed by atoms with Gasteiger partial charge < -0.3 is 9.47 Å². The zero-order valence-corrected chi connectivity index (χ0v) is 19.4. The molecule has 0 spiro atoms. The summed E-state index contributed by atoms with van der Waals surface area (Å²) < 4.78 is 12.2. The Bertz CT molecular complexity index is 1150. The number of pyridine rings is 1. The molecule has 2 aromatic carbocycles. The zero-order chi connectivity index (χ0) is 23.7. The van der Waals surface area contributed by atoms with E-state index in [2.05, 4.69) is 28.6 Å². The van der Waals surface area contributed by atoms with Crippen LogP contribution in [0.2, 0.25) is 0 Å². The number of methoxy groups -OCH3 is 1. The van der Waals surface area contributed by atoms with Gasteiger partial charge in [-0.15, -0.1) is 11.8 Å². The van der Waals surface area contributed by atoms with Crippen LogP contribution in [0, 0.1) is 11.8 Å². The summed E-state index contributed by atoms with van der Waals surface area (Å²) in [5.74, 6) is 1.96. The van der Waals surface area contributed by atoms with Gasteiger partial charge in [0.2, 0.25) is 0 Å². The molecule has 3 saturated heterocycles. The third-order valence-electron chi connectivity index (χ3n) is 7.39. The minimum atomic E-state index is -0.141. The number of ether oxygens (including phenoxy) is 2. The van der Waals surface area contributed by atoms with Gasteiger partial charge in [-0.2, -0.15) is 0 Å². The second-order valence-electron chi connectivity index (χ2n) is 9.22. The van der Waals surface area contributed by atoms with Gasteiger partial charge in [-0.1, -0.05) is 18.2 Å². The molecule has 2 bridgehead atoms. The predicted molar refractivity (Wildman–Crippen MR) is 130 cm³/mol. The molecule has 4 unspecified atom stereocenters. The minimum absolute atomic E-state index is 0.117. The number of fused-ring (bicyclic) bond motifs is 4. The number of benzene rings is 2. The van der Waals surface area contributed by atoms with E-state index >= 15 is 0 Å². The van der Waals surface area contributed by atoms with Crippen molar-refractivity contribution in [2.45, 2.75) is 31.6 Å². The number of anilines is 1. The van der Waals surface area contributed by atoms with Crippen molar-refractivity contribution in [3.63, 3.8) is 0 Å². The van der Waals surface area contributed by atoms with Crippen molar-refractivity contribution in [2.24, 2.45) is 11.8 Å². The number of aromatic nitrogens is 1. The number of hydrogen-bond donors (Lipinski definition) is 2. The molecule has 0 amide bonds. The Morgan fingerprint density at radius 2 is 2.03 bits per heavy atom. The van der Waals surface area contributed by atoms with Crippen molar-refractivity contribution in [2.75, 3.05) is 25.4 Å². The molecule has 1 aromatic heterocycles. The summed E-state index contributed by atoms with van der Waals surface area (Å²) in [6, 6.07) is 15.3. The summed E-state index contributed by atoms with van der Waals surface area (Å²) in [7, 11) is 1.68. The summed E-state index contributed by atoms with van der Waals surface area (Å²) in [5.41, 5.74) is 3.30. The first-order valence-electron chi connectivity index (χ1n) is 11.7. The molecule has 3 aliphatic heterocycles. The van der Waals surface area contributed by atoms with E-state index in [0.29, 0.717) is 24.1 Å². The monoisotopic (exact) mass is 461 g/mol. The van der Waals surface area contributed by atoms with Crippen molar-refractivity contribution in [1.29, 1.82) is 0 Å². The summed E-state index contributed by atoms with van der Waals surface area (Å²) >= 11 is 0. The maximum atomic E-state index is 9.23. The molecule has 0 saturated carbocycles. The fourth-order valence-electron chi connectivity index (χ4n) is 5.53. The van der Waals surface area contributed by atoms with E-state index in [4.69, 9.17) is 9.47 Å². The third kappa shape index (κ3) is 4.40. The first-order chi connectivity index (χ1) is 16.6. The number of hydrogen-bond acceptors (Lipinski definition) is 7. The fourth-order valence-corrected chi connectivity index (χ4v) is 5.53. The normalized spacial score (nSPS) is 24.7. The van der Waals surface area contributed by atoms with E-state index < -0.39 is 0 Å². The Hall–Kier alpha value is -2.97. The van der Waals surface area contributed by atoms with E-state index in [1.54, 1.807) is 19.2 Å². The fraction of sp³-hybridized carbons (Fsp3) is 0.370. The van der Waals surface area contributed by atoms with Crippen LogP contribution in [0.3, 0.4) is 0 Å². The molecule has 0 radical (unpaired) electrons. The van der Waals surface area contributed by atoms with Crippen molar-refractivity contribution < 1.29 is 19.9 Å². The molecule has 178 valence electrons. The third-order valence-corrected chi connectivity index (χ3v) is 7.39. The van der Waals surface area contributed by atoms with Crippen LogP contribution in [0.25, 0.3) is 10.9 Å². The maximum absolute atomic E-state index is 9.23. The highest BCUT2D eigenvalue weighted by Gasteiger charge is 2.43. The van der Waals surface area contributed by atoms with E-state index in [1.165, 1.54) is 6.42 Å². The standard InChI is InChI=1S/C27H31N3O4/c1-3-19-16-29-13-11-20(19)14-26(29)27(34-17-18-4-6-21(7-5-18)30(31)32)23-10-12-28-25-9-8-22(33-2)15-24(23)25/h3-10,12,15,19-20,26-27,31-32H,1,11,13-14,16-17H2,2H3/t19?,20?,26?,27-/m0/s1. The van der Waals surface area contributed by atoms with Crippen LogP contribution in [0.1, 0.15) is 30.1 Å². The van der Waals surface area contributed by atoms with Gasteiger partial charge in [0.15, 0.2) is 0 Å². The molecular weight excluding hydrogens is 430 g/mol. The van der Waals surface area contributed by atoms with Crippen LogP contribution in [-0.4, -0.2) is 46.5 Å². The van der Waals surface area contributed by atoms with Crippen LogP contribution in [0.15, 0.2) is 67.4 Å². The van der Waals surface area contributed by atoms with Gasteiger partial charge in [-0.3, -0.25) is 20.3 Å². The SMILES string of the molecule is C=CC1CN2CCC1CC2[C@@H](OCc1ccc(N(O)O)cc1)c1ccnc2ccc(OC)cc12. The van der Waals surface area contributed by atoms with E-state index in [-0.39, 0.29) is 17.4 Å². The van der Waals surface area contributed by atoms with Gasteiger partial charge in [-0.05, 0) is 78.7 Å². The highest BCUT2D eigenvalue weighted by molar-refractivity contribution is 5.84. The molecule has 3 aromatic rings. The first kappa shape index (κ1) is 22.8. The smallest absolute Gasteiger partial charge is 0.119 e. The summed E-state index contributed by atoms with van der Waals surface area (Å²) in [4.78, 5) is 7.13. The highest BCUT2D eigenvalue weighted by atomic mass is 16.8.